The van der Waals surface area contributed by atoms with Crippen molar-refractivity contribution in [2.24, 2.45) is 0 Å². The third-order valence-electron chi connectivity index (χ3n) is 3.41. The highest BCUT2D eigenvalue weighted by Gasteiger charge is 2.16. The lowest BCUT2D eigenvalue weighted by atomic mass is 10.1. The van der Waals surface area contributed by atoms with Crippen LogP contribution in [-0.4, -0.2) is 25.5 Å². The summed E-state index contributed by atoms with van der Waals surface area (Å²) < 4.78 is 6.05. The second-order valence-electron chi connectivity index (χ2n) is 5.26. The number of carbonyl (C=O) groups excluding carboxylic acids is 2. The molecule has 25 heavy (non-hydrogen) atoms. The van der Waals surface area contributed by atoms with Gasteiger partial charge in [-0.05, 0) is 59.3 Å². The number of benzene rings is 2. The van der Waals surface area contributed by atoms with Gasteiger partial charge in [0.2, 0.25) is 0 Å². The maximum atomic E-state index is 12.6. The van der Waals surface area contributed by atoms with Gasteiger partial charge in [-0.15, -0.1) is 0 Å². The molecule has 5 nitrogen and oxygen atoms in total. The molecular formula is C18H18ClIN2O3. The summed E-state index contributed by atoms with van der Waals surface area (Å²) in [5.41, 5.74) is 1.33. The molecule has 0 unspecified atom stereocenters. The molecule has 0 aliphatic heterocycles. The Bertz CT molecular complexity index is 796. The zero-order valence-electron chi connectivity index (χ0n) is 13.9. The van der Waals surface area contributed by atoms with Gasteiger partial charge in [0.05, 0.1) is 17.7 Å². The molecule has 0 saturated carbocycles. The molecule has 0 heterocycles. The van der Waals surface area contributed by atoms with Gasteiger partial charge in [0.25, 0.3) is 11.8 Å². The van der Waals surface area contributed by atoms with Crippen LogP contribution in [-0.2, 0) is 0 Å². The van der Waals surface area contributed by atoms with Crippen molar-refractivity contribution in [1.29, 1.82) is 0 Å². The van der Waals surface area contributed by atoms with Crippen LogP contribution in [0.5, 0.6) is 5.75 Å². The fourth-order valence-electron chi connectivity index (χ4n) is 2.15. The highest BCUT2D eigenvalue weighted by Crippen LogP contribution is 2.29. The molecule has 0 radical (unpaired) electrons. The lowest BCUT2D eigenvalue weighted by molar-refractivity contribution is 0.0952. The molecule has 132 valence electrons. The highest BCUT2D eigenvalue weighted by molar-refractivity contribution is 14.1. The molecular weight excluding hydrogens is 455 g/mol. The van der Waals surface area contributed by atoms with Gasteiger partial charge in [-0.1, -0.05) is 24.6 Å². The van der Waals surface area contributed by atoms with Gasteiger partial charge in [-0.2, -0.15) is 0 Å². The number of amides is 2. The van der Waals surface area contributed by atoms with E-state index < -0.39 is 0 Å². The van der Waals surface area contributed by atoms with Gasteiger partial charge < -0.3 is 15.4 Å². The standard InChI is InChI=1S/C18H18ClIN2O3/c1-3-7-21-17(23)11-5-4-6-12(8-11)22-18(24)13-9-14(19)15(20)10-16(13)25-2/h4-6,8-10H,3,7H2,1-2H3,(H,21,23)(H,22,24). The van der Waals surface area contributed by atoms with Crippen molar-refractivity contribution in [2.75, 3.05) is 19.0 Å². The van der Waals surface area contributed by atoms with E-state index >= 15 is 0 Å². The summed E-state index contributed by atoms with van der Waals surface area (Å²) in [4.78, 5) is 24.6. The van der Waals surface area contributed by atoms with Crippen LogP contribution in [0.2, 0.25) is 5.02 Å². The van der Waals surface area contributed by atoms with Crippen molar-refractivity contribution in [3.63, 3.8) is 0 Å². The Balaban J connectivity index is 2.21. The van der Waals surface area contributed by atoms with Crippen LogP contribution in [0.3, 0.4) is 0 Å². The zero-order valence-corrected chi connectivity index (χ0v) is 16.8. The Labute approximate surface area is 165 Å². The Kier molecular flexibility index (Phi) is 7.07. The second-order valence-corrected chi connectivity index (χ2v) is 6.83. The molecule has 0 bridgehead atoms. The lowest BCUT2D eigenvalue weighted by Gasteiger charge is -2.12. The number of hydrogen-bond donors (Lipinski definition) is 2. The molecule has 2 amide bonds. The molecule has 0 aromatic heterocycles. The first-order valence-electron chi connectivity index (χ1n) is 7.69. The Morgan fingerprint density at radius 1 is 1.20 bits per heavy atom. The quantitative estimate of drug-likeness (QED) is 0.615. The van der Waals surface area contributed by atoms with Crippen molar-refractivity contribution in [3.05, 3.63) is 56.1 Å². The number of rotatable bonds is 6. The van der Waals surface area contributed by atoms with Crippen molar-refractivity contribution < 1.29 is 14.3 Å². The Morgan fingerprint density at radius 2 is 1.96 bits per heavy atom. The fraction of sp³-hybridized carbons (Fsp3) is 0.222. The van der Waals surface area contributed by atoms with E-state index in [2.05, 4.69) is 33.2 Å². The minimum atomic E-state index is -0.360. The van der Waals surface area contributed by atoms with Crippen LogP contribution in [0.4, 0.5) is 5.69 Å². The molecule has 0 atom stereocenters. The molecule has 2 aromatic rings. The number of ether oxygens (including phenoxy) is 1. The lowest BCUT2D eigenvalue weighted by Crippen LogP contribution is -2.24. The van der Waals surface area contributed by atoms with E-state index in [1.165, 1.54) is 7.11 Å². The molecule has 0 spiro atoms. The third kappa shape index (κ3) is 5.09. The number of hydrogen-bond acceptors (Lipinski definition) is 3. The van der Waals surface area contributed by atoms with Gasteiger partial charge in [0.15, 0.2) is 0 Å². The Morgan fingerprint density at radius 3 is 2.64 bits per heavy atom. The summed E-state index contributed by atoms with van der Waals surface area (Å²) in [5.74, 6) is -0.0998. The van der Waals surface area contributed by atoms with Crippen LogP contribution in [0.15, 0.2) is 36.4 Å². The van der Waals surface area contributed by atoms with E-state index in [9.17, 15) is 9.59 Å². The Hall–Kier alpha value is -1.80. The summed E-state index contributed by atoms with van der Waals surface area (Å²) in [7, 11) is 1.49. The maximum Gasteiger partial charge on any atom is 0.259 e. The SMILES string of the molecule is CCCNC(=O)c1cccc(NC(=O)c2cc(Cl)c(I)cc2OC)c1. The van der Waals surface area contributed by atoms with Crippen molar-refractivity contribution in [3.8, 4) is 5.75 Å². The van der Waals surface area contributed by atoms with Gasteiger partial charge in [-0.25, -0.2) is 0 Å². The van der Waals surface area contributed by atoms with E-state index in [1.54, 1.807) is 36.4 Å². The summed E-state index contributed by atoms with van der Waals surface area (Å²) in [6.07, 6.45) is 0.857. The molecule has 7 heteroatoms. The number of carbonyl (C=O) groups is 2. The van der Waals surface area contributed by atoms with Crippen molar-refractivity contribution in [1.82, 2.24) is 5.32 Å². The first-order valence-corrected chi connectivity index (χ1v) is 9.14. The summed E-state index contributed by atoms with van der Waals surface area (Å²) in [6, 6.07) is 10.0. The molecule has 2 aromatic carbocycles. The van der Waals surface area contributed by atoms with E-state index in [4.69, 9.17) is 16.3 Å². The first-order chi connectivity index (χ1) is 12.0. The topological polar surface area (TPSA) is 67.4 Å². The summed E-state index contributed by atoms with van der Waals surface area (Å²) >= 11 is 8.18. The van der Waals surface area contributed by atoms with Crippen LogP contribution in [0.1, 0.15) is 34.1 Å². The smallest absolute Gasteiger partial charge is 0.259 e. The minimum absolute atomic E-state index is 0.173. The minimum Gasteiger partial charge on any atom is -0.496 e. The van der Waals surface area contributed by atoms with Crippen molar-refractivity contribution >= 4 is 51.7 Å². The third-order valence-corrected chi connectivity index (χ3v) is 4.93. The van der Waals surface area contributed by atoms with Crippen LogP contribution >= 0.6 is 34.2 Å². The number of nitrogens with one attached hydrogen (secondary N) is 2. The van der Waals surface area contributed by atoms with Gasteiger partial charge in [0, 0.05) is 21.4 Å². The van der Waals surface area contributed by atoms with Gasteiger partial charge in [-0.3, -0.25) is 9.59 Å². The van der Waals surface area contributed by atoms with E-state index in [0.29, 0.717) is 34.1 Å². The molecule has 0 fully saturated rings. The predicted molar refractivity (Wildman–Crippen MR) is 108 cm³/mol. The first kappa shape index (κ1) is 19.5. The molecule has 0 aliphatic rings. The average Bonchev–Trinajstić information content (AvgIpc) is 2.61. The molecule has 0 aliphatic carbocycles. The monoisotopic (exact) mass is 472 g/mol. The summed E-state index contributed by atoms with van der Waals surface area (Å²) in [5, 5.41) is 6.05. The summed E-state index contributed by atoms with van der Waals surface area (Å²) in [6.45, 7) is 2.59. The number of methoxy groups -OCH3 is 1. The molecule has 0 saturated heterocycles. The van der Waals surface area contributed by atoms with Crippen molar-refractivity contribution in [2.45, 2.75) is 13.3 Å². The number of anilines is 1. The van der Waals surface area contributed by atoms with Crippen LogP contribution < -0.4 is 15.4 Å². The normalized spacial score (nSPS) is 10.2. The fourth-order valence-corrected chi connectivity index (χ4v) is 2.75. The second kappa shape index (κ2) is 9.05. The zero-order chi connectivity index (χ0) is 18.4. The maximum absolute atomic E-state index is 12.6. The van der Waals surface area contributed by atoms with E-state index in [0.717, 1.165) is 9.99 Å². The largest absolute Gasteiger partial charge is 0.496 e. The van der Waals surface area contributed by atoms with Gasteiger partial charge >= 0.3 is 0 Å². The van der Waals surface area contributed by atoms with Crippen LogP contribution in [0, 0.1) is 3.57 Å². The average molecular weight is 473 g/mol. The van der Waals surface area contributed by atoms with Gasteiger partial charge in [0.1, 0.15) is 5.75 Å². The molecule has 2 N–H and O–H groups in total. The van der Waals surface area contributed by atoms with E-state index in [-0.39, 0.29) is 11.8 Å². The highest BCUT2D eigenvalue weighted by atomic mass is 127. The predicted octanol–water partition coefficient (Wildman–Crippen LogP) is 4.35. The van der Waals surface area contributed by atoms with E-state index in [1.807, 2.05) is 6.92 Å². The van der Waals surface area contributed by atoms with Crippen LogP contribution in [0.25, 0.3) is 0 Å². The molecule has 2 rings (SSSR count). The number of halogens is 2.